The van der Waals surface area contributed by atoms with Crippen molar-refractivity contribution in [1.82, 2.24) is 24.8 Å². The summed E-state index contributed by atoms with van der Waals surface area (Å²) in [6.07, 6.45) is -3.73. The number of alkyl halides is 3. The van der Waals surface area contributed by atoms with E-state index in [1.165, 1.54) is 6.20 Å². The lowest BCUT2D eigenvalue weighted by atomic mass is 10.1. The van der Waals surface area contributed by atoms with Crippen LogP contribution in [0.4, 0.5) is 17.6 Å². The molecule has 132 valence electrons. The molecule has 1 unspecified atom stereocenters. The summed E-state index contributed by atoms with van der Waals surface area (Å²) in [7, 11) is -4.54. The molecule has 0 bridgehead atoms. The average Bonchev–Trinajstić information content (AvgIpc) is 3.00. The molecule has 0 aliphatic rings. The van der Waals surface area contributed by atoms with E-state index in [2.05, 4.69) is 15.5 Å². The van der Waals surface area contributed by atoms with Gasteiger partial charge in [0, 0.05) is 12.3 Å². The zero-order valence-electron chi connectivity index (χ0n) is 12.1. The summed E-state index contributed by atoms with van der Waals surface area (Å²) >= 11 is 0. The number of halogens is 4. The maximum absolute atomic E-state index is 13.3. The summed E-state index contributed by atoms with van der Waals surface area (Å²) < 4.78 is 80.2. The van der Waals surface area contributed by atoms with Gasteiger partial charge in [-0.25, -0.2) is 17.3 Å². The van der Waals surface area contributed by atoms with E-state index in [9.17, 15) is 26.0 Å². The van der Waals surface area contributed by atoms with Crippen LogP contribution in [0.3, 0.4) is 0 Å². The van der Waals surface area contributed by atoms with Gasteiger partial charge in [-0.05, 0) is 34.2 Å². The maximum atomic E-state index is 13.3. The summed E-state index contributed by atoms with van der Waals surface area (Å²) in [4.78, 5) is -0.439. The number of aromatic nitrogens is 4. The van der Waals surface area contributed by atoms with Crippen LogP contribution < -0.4 is 4.72 Å². The minimum Gasteiger partial charge on any atom is -0.207 e. The van der Waals surface area contributed by atoms with Crippen LogP contribution in [0.15, 0.2) is 47.5 Å². The molecule has 1 aromatic carbocycles. The molecule has 0 aliphatic heterocycles. The predicted molar refractivity (Wildman–Crippen MR) is 76.3 cm³/mol. The van der Waals surface area contributed by atoms with Gasteiger partial charge in [-0.15, -0.1) is 5.10 Å². The lowest BCUT2D eigenvalue weighted by Gasteiger charge is -2.22. The molecule has 2 aromatic heterocycles. The highest BCUT2D eigenvalue weighted by atomic mass is 32.2. The third kappa shape index (κ3) is 3.58. The summed E-state index contributed by atoms with van der Waals surface area (Å²) in [5.41, 5.74) is -0.393. The van der Waals surface area contributed by atoms with E-state index in [1.807, 2.05) is 0 Å². The largest absolute Gasteiger partial charge is 0.408 e. The average molecular weight is 375 g/mol. The molecule has 1 N–H and O–H groups in total. The molecule has 12 heteroatoms. The highest BCUT2D eigenvalue weighted by molar-refractivity contribution is 7.89. The summed E-state index contributed by atoms with van der Waals surface area (Å²) in [6, 6.07) is 2.91. The third-order valence-corrected chi connectivity index (χ3v) is 4.70. The molecule has 0 radical (unpaired) electrons. The minimum absolute atomic E-state index is 0.0493. The van der Waals surface area contributed by atoms with Crippen molar-refractivity contribution in [2.75, 3.05) is 0 Å². The van der Waals surface area contributed by atoms with Crippen molar-refractivity contribution in [2.45, 2.75) is 17.1 Å². The number of pyridine rings is 1. The molecule has 0 amide bonds. The lowest BCUT2D eigenvalue weighted by molar-refractivity contribution is -0.153. The molecule has 0 saturated heterocycles. The summed E-state index contributed by atoms with van der Waals surface area (Å²) in [6.45, 7) is 0. The first-order valence-corrected chi connectivity index (χ1v) is 8.17. The predicted octanol–water partition coefficient (Wildman–Crippen LogP) is 1.85. The summed E-state index contributed by atoms with van der Waals surface area (Å²) in [5.74, 6) is -0.739. The van der Waals surface area contributed by atoms with Gasteiger partial charge in [0.1, 0.15) is 11.9 Å². The molecule has 3 rings (SSSR count). The van der Waals surface area contributed by atoms with Gasteiger partial charge in [0.25, 0.3) is 0 Å². The van der Waals surface area contributed by atoms with Crippen molar-refractivity contribution in [2.24, 2.45) is 0 Å². The zero-order valence-corrected chi connectivity index (χ0v) is 13.0. The quantitative estimate of drug-likeness (QED) is 0.703. The number of rotatable bonds is 4. The van der Waals surface area contributed by atoms with Gasteiger partial charge in [0.15, 0.2) is 5.65 Å². The molecular formula is C13H9F4N5O2S. The Hall–Kier alpha value is -2.60. The molecule has 0 fully saturated rings. The van der Waals surface area contributed by atoms with Crippen LogP contribution in [0.1, 0.15) is 11.6 Å². The Morgan fingerprint density at radius 1 is 1.12 bits per heavy atom. The zero-order chi connectivity index (χ0) is 18.2. The number of tetrazole rings is 1. The second kappa shape index (κ2) is 6.04. The Kier molecular flexibility index (Phi) is 4.16. The van der Waals surface area contributed by atoms with Crippen LogP contribution in [-0.2, 0) is 10.0 Å². The van der Waals surface area contributed by atoms with E-state index in [-0.39, 0.29) is 5.65 Å². The number of sulfonamides is 1. The smallest absolute Gasteiger partial charge is 0.207 e. The first-order chi connectivity index (χ1) is 11.7. The van der Waals surface area contributed by atoms with E-state index in [1.54, 1.807) is 4.72 Å². The van der Waals surface area contributed by atoms with Crippen molar-refractivity contribution in [1.29, 1.82) is 0 Å². The standard InChI is InChI=1S/C13H9F4N5O2S/c14-9-3-1-8(2-4-9)12(13(15,16)17)19-25(23,24)10-5-6-22-11(7-10)18-20-21-22/h1-7,12,19H. The second-order valence-electron chi connectivity index (χ2n) is 4.99. The molecular weight excluding hydrogens is 366 g/mol. The lowest BCUT2D eigenvalue weighted by Crippen LogP contribution is -2.38. The number of nitrogens with one attached hydrogen (secondary N) is 1. The van der Waals surface area contributed by atoms with Crippen molar-refractivity contribution in [3.8, 4) is 0 Å². The van der Waals surface area contributed by atoms with Crippen LogP contribution in [0.2, 0.25) is 0 Å². The van der Waals surface area contributed by atoms with Crippen LogP contribution >= 0.6 is 0 Å². The minimum atomic E-state index is -4.93. The second-order valence-corrected chi connectivity index (χ2v) is 6.71. The topological polar surface area (TPSA) is 89.2 Å². The fourth-order valence-corrected chi connectivity index (χ4v) is 3.31. The molecule has 1 atom stereocenters. The van der Waals surface area contributed by atoms with Crippen molar-refractivity contribution >= 4 is 15.7 Å². The Balaban J connectivity index is 1.98. The van der Waals surface area contributed by atoms with Gasteiger partial charge in [0.05, 0.1) is 4.90 Å². The Morgan fingerprint density at radius 3 is 2.44 bits per heavy atom. The van der Waals surface area contributed by atoms with Gasteiger partial charge in [-0.1, -0.05) is 12.1 Å². The third-order valence-electron chi connectivity index (χ3n) is 3.28. The van der Waals surface area contributed by atoms with Gasteiger partial charge in [-0.2, -0.15) is 17.9 Å². The molecule has 0 aliphatic carbocycles. The highest BCUT2D eigenvalue weighted by Gasteiger charge is 2.43. The Morgan fingerprint density at radius 2 is 1.80 bits per heavy atom. The van der Waals surface area contributed by atoms with Gasteiger partial charge < -0.3 is 0 Å². The molecule has 0 spiro atoms. The summed E-state index contributed by atoms with van der Waals surface area (Å²) in [5, 5.41) is 10.4. The number of hydrogen-bond acceptors (Lipinski definition) is 5. The van der Waals surface area contributed by atoms with Gasteiger partial charge in [0.2, 0.25) is 10.0 Å². The molecule has 25 heavy (non-hydrogen) atoms. The number of benzene rings is 1. The Labute approximate surface area is 138 Å². The van der Waals surface area contributed by atoms with E-state index in [4.69, 9.17) is 0 Å². The fraction of sp³-hybridized carbons (Fsp3) is 0.154. The van der Waals surface area contributed by atoms with Crippen molar-refractivity contribution in [3.63, 3.8) is 0 Å². The normalized spacial score (nSPS) is 13.9. The SMILES string of the molecule is O=S(=O)(NC(c1ccc(F)cc1)C(F)(F)F)c1ccn2nnnc2c1. The van der Waals surface area contributed by atoms with Gasteiger partial charge in [-0.3, -0.25) is 0 Å². The number of hydrogen-bond donors (Lipinski definition) is 1. The van der Waals surface area contributed by atoms with E-state index >= 15 is 0 Å². The van der Waals surface area contributed by atoms with Gasteiger partial charge >= 0.3 is 6.18 Å². The van der Waals surface area contributed by atoms with Crippen molar-refractivity contribution < 1.29 is 26.0 Å². The van der Waals surface area contributed by atoms with Crippen molar-refractivity contribution in [3.05, 3.63) is 54.0 Å². The van der Waals surface area contributed by atoms with E-state index in [0.29, 0.717) is 0 Å². The molecule has 3 aromatic rings. The fourth-order valence-electron chi connectivity index (χ4n) is 2.09. The molecule has 2 heterocycles. The number of nitrogens with zero attached hydrogens (tertiary/aromatic N) is 4. The maximum Gasteiger partial charge on any atom is 0.408 e. The molecule has 0 saturated carbocycles. The van der Waals surface area contributed by atoms with Crippen LogP contribution in [-0.4, -0.2) is 34.6 Å². The number of fused-ring (bicyclic) bond motifs is 1. The monoisotopic (exact) mass is 375 g/mol. The highest BCUT2D eigenvalue weighted by Crippen LogP contribution is 2.34. The van der Waals surface area contributed by atoms with E-state index < -0.39 is 38.5 Å². The Bertz CT molecular complexity index is 1000. The van der Waals surface area contributed by atoms with Crippen LogP contribution in [0, 0.1) is 5.82 Å². The first kappa shape index (κ1) is 17.2. The van der Waals surface area contributed by atoms with Crippen LogP contribution in [0.25, 0.3) is 5.65 Å². The van der Waals surface area contributed by atoms with E-state index in [0.717, 1.165) is 40.9 Å². The first-order valence-electron chi connectivity index (χ1n) is 6.69. The molecule has 7 nitrogen and oxygen atoms in total. The van der Waals surface area contributed by atoms with Crippen LogP contribution in [0.5, 0.6) is 0 Å².